The molecule has 0 bridgehead atoms. The number of rotatable bonds is 1. The average Bonchev–Trinajstić information content (AvgIpc) is 1.98. The first-order valence-electron chi connectivity index (χ1n) is 3.32. The van der Waals surface area contributed by atoms with Crippen LogP contribution in [0.4, 0.5) is 0 Å². The molecule has 0 aliphatic rings. The van der Waals surface area contributed by atoms with E-state index in [1.807, 2.05) is 0 Å². The summed E-state index contributed by atoms with van der Waals surface area (Å²) >= 11 is 0. The second kappa shape index (κ2) is 2.91. The third kappa shape index (κ3) is 1.51. The Bertz CT molecular complexity index is 528. The van der Waals surface area contributed by atoms with Gasteiger partial charge < -0.3 is 15.3 Å². The first-order valence-corrected chi connectivity index (χ1v) is 5.21. The van der Waals surface area contributed by atoms with Gasteiger partial charge in [0.25, 0.3) is 5.56 Å². The fourth-order valence-electron chi connectivity index (χ4n) is 0.900. The third-order valence-corrected chi connectivity index (χ3v) is 2.60. The summed E-state index contributed by atoms with van der Waals surface area (Å²) in [6.45, 7) is 0. The quantitative estimate of drug-likeness (QED) is 0.476. The van der Waals surface area contributed by atoms with Gasteiger partial charge in [-0.15, -0.1) is 0 Å². The molecule has 0 aliphatic heterocycles. The van der Waals surface area contributed by atoms with E-state index in [1.54, 1.807) is 4.98 Å². The molecule has 0 saturated carbocycles. The standard InChI is InChI=1S/C6H7NO6S/c1-14(12,13)4-2(8)5(10)7-6(11)3(4)9/h8-9H,1H3,(H2,7,10,11). The first kappa shape index (κ1) is 10.4. The van der Waals surface area contributed by atoms with Gasteiger partial charge in [-0.1, -0.05) is 0 Å². The van der Waals surface area contributed by atoms with E-state index in [0.717, 1.165) is 0 Å². The Labute approximate surface area is 78.2 Å². The van der Waals surface area contributed by atoms with Crippen molar-refractivity contribution in [1.29, 1.82) is 0 Å². The Morgan fingerprint density at radius 3 is 2.07 bits per heavy atom. The Hall–Kier alpha value is -1.70. The van der Waals surface area contributed by atoms with Crippen molar-refractivity contribution in [3.63, 3.8) is 0 Å². The number of nitrogens with one attached hydrogen (secondary N) is 1. The lowest BCUT2D eigenvalue weighted by molar-refractivity contribution is 0.361. The summed E-state index contributed by atoms with van der Waals surface area (Å²) in [5.74, 6) is -3.24. The molecule has 0 unspecified atom stereocenters. The normalized spacial score (nSPS) is 11.5. The lowest BCUT2D eigenvalue weighted by Gasteiger charge is -2.04. The fraction of sp³-hybridized carbons (Fsp3) is 0.167. The van der Waals surface area contributed by atoms with Crippen LogP contribution in [0.5, 0.6) is 17.4 Å². The minimum Gasteiger partial charge on any atom is -0.502 e. The van der Waals surface area contributed by atoms with Crippen LogP contribution < -0.4 is 5.56 Å². The number of aromatic nitrogens is 1. The van der Waals surface area contributed by atoms with Crippen LogP contribution >= 0.6 is 0 Å². The molecule has 0 aromatic carbocycles. The molecule has 4 N–H and O–H groups in total. The number of aromatic amines is 1. The van der Waals surface area contributed by atoms with Gasteiger partial charge in [-0.25, -0.2) is 8.42 Å². The molecule has 7 nitrogen and oxygen atoms in total. The van der Waals surface area contributed by atoms with E-state index in [2.05, 4.69) is 0 Å². The van der Waals surface area contributed by atoms with E-state index >= 15 is 0 Å². The Balaban J connectivity index is 3.83. The molecule has 14 heavy (non-hydrogen) atoms. The number of sulfone groups is 1. The third-order valence-electron chi connectivity index (χ3n) is 1.47. The molecule has 0 amide bonds. The summed E-state index contributed by atoms with van der Waals surface area (Å²) in [7, 11) is -3.99. The molecule has 0 saturated heterocycles. The van der Waals surface area contributed by atoms with E-state index in [-0.39, 0.29) is 0 Å². The van der Waals surface area contributed by atoms with Gasteiger partial charge in [0.1, 0.15) is 0 Å². The van der Waals surface area contributed by atoms with Gasteiger partial charge in [-0.2, -0.15) is 0 Å². The molecule has 1 aromatic heterocycles. The van der Waals surface area contributed by atoms with Gasteiger partial charge in [0, 0.05) is 6.26 Å². The SMILES string of the molecule is CS(=O)(=O)c1c(O)c(O)[nH]c(=O)c1O. The lowest BCUT2D eigenvalue weighted by Crippen LogP contribution is -2.10. The average molecular weight is 221 g/mol. The van der Waals surface area contributed by atoms with Crippen molar-refractivity contribution in [2.75, 3.05) is 6.26 Å². The second-order valence-electron chi connectivity index (χ2n) is 2.60. The molecule has 0 fully saturated rings. The molecule has 0 aliphatic carbocycles. The van der Waals surface area contributed by atoms with Gasteiger partial charge in [0.05, 0.1) is 0 Å². The highest BCUT2D eigenvalue weighted by molar-refractivity contribution is 7.91. The number of H-pyrrole nitrogens is 1. The van der Waals surface area contributed by atoms with Crippen molar-refractivity contribution in [3.05, 3.63) is 10.4 Å². The van der Waals surface area contributed by atoms with E-state index < -0.39 is 37.7 Å². The first-order chi connectivity index (χ1) is 6.25. The highest BCUT2D eigenvalue weighted by atomic mass is 32.2. The van der Waals surface area contributed by atoms with Crippen LogP contribution in [-0.4, -0.2) is 35.0 Å². The zero-order valence-electron chi connectivity index (χ0n) is 6.97. The van der Waals surface area contributed by atoms with E-state index in [9.17, 15) is 13.2 Å². The predicted molar refractivity (Wildman–Crippen MR) is 45.2 cm³/mol. The highest BCUT2D eigenvalue weighted by Crippen LogP contribution is 2.33. The number of aromatic hydroxyl groups is 3. The second-order valence-corrected chi connectivity index (χ2v) is 4.55. The smallest absolute Gasteiger partial charge is 0.294 e. The number of hydrogen-bond acceptors (Lipinski definition) is 6. The number of pyridine rings is 1. The molecule has 0 spiro atoms. The van der Waals surface area contributed by atoms with Crippen LogP contribution in [0.15, 0.2) is 9.69 Å². The molecule has 1 aromatic rings. The summed E-state index contributed by atoms with van der Waals surface area (Å²) < 4.78 is 22.0. The topological polar surface area (TPSA) is 128 Å². The summed E-state index contributed by atoms with van der Waals surface area (Å²) in [5, 5.41) is 27.0. The fourth-order valence-corrected chi connectivity index (χ4v) is 1.79. The molecule has 78 valence electrons. The minimum atomic E-state index is -3.99. The minimum absolute atomic E-state index is 0.681. The Morgan fingerprint density at radius 2 is 1.64 bits per heavy atom. The monoisotopic (exact) mass is 221 g/mol. The van der Waals surface area contributed by atoms with Crippen LogP contribution in [0.1, 0.15) is 0 Å². The van der Waals surface area contributed by atoms with E-state index in [4.69, 9.17) is 15.3 Å². The van der Waals surface area contributed by atoms with Crippen molar-refractivity contribution in [3.8, 4) is 17.4 Å². The number of hydrogen-bond donors (Lipinski definition) is 4. The largest absolute Gasteiger partial charge is 0.502 e. The van der Waals surface area contributed by atoms with Gasteiger partial charge in [-0.05, 0) is 0 Å². The van der Waals surface area contributed by atoms with Crippen molar-refractivity contribution < 1.29 is 23.7 Å². The maximum absolute atomic E-state index is 11.0. The van der Waals surface area contributed by atoms with Crippen molar-refractivity contribution in [1.82, 2.24) is 4.98 Å². The van der Waals surface area contributed by atoms with Crippen molar-refractivity contribution in [2.45, 2.75) is 4.90 Å². The van der Waals surface area contributed by atoms with Crippen LogP contribution in [0, 0.1) is 0 Å². The van der Waals surface area contributed by atoms with Gasteiger partial charge in [0.2, 0.25) is 11.6 Å². The summed E-state index contributed by atoms with van der Waals surface area (Å²) in [6, 6.07) is 0. The van der Waals surface area contributed by atoms with E-state index in [0.29, 0.717) is 6.26 Å². The van der Waals surface area contributed by atoms with Crippen molar-refractivity contribution >= 4 is 9.84 Å². The van der Waals surface area contributed by atoms with Gasteiger partial charge in [0.15, 0.2) is 20.5 Å². The molecular formula is C6H7NO6S. The zero-order valence-corrected chi connectivity index (χ0v) is 7.79. The van der Waals surface area contributed by atoms with Gasteiger partial charge in [-0.3, -0.25) is 9.78 Å². The van der Waals surface area contributed by atoms with Crippen LogP contribution in [0.25, 0.3) is 0 Å². The summed E-state index contributed by atoms with van der Waals surface area (Å²) in [6.07, 6.45) is 0.681. The zero-order chi connectivity index (χ0) is 11.1. The molecule has 1 rings (SSSR count). The van der Waals surface area contributed by atoms with E-state index in [1.165, 1.54) is 0 Å². The van der Waals surface area contributed by atoms with Gasteiger partial charge >= 0.3 is 0 Å². The van der Waals surface area contributed by atoms with Crippen LogP contribution in [-0.2, 0) is 9.84 Å². The summed E-state index contributed by atoms with van der Waals surface area (Å²) in [4.78, 5) is 11.5. The predicted octanol–water partition coefficient (Wildman–Crippen LogP) is -1.10. The van der Waals surface area contributed by atoms with Crippen LogP contribution in [0.2, 0.25) is 0 Å². The summed E-state index contributed by atoms with van der Waals surface area (Å²) in [5.41, 5.74) is -1.19. The molecular weight excluding hydrogens is 214 g/mol. The van der Waals surface area contributed by atoms with Crippen molar-refractivity contribution in [2.24, 2.45) is 0 Å². The Kier molecular flexibility index (Phi) is 2.16. The lowest BCUT2D eigenvalue weighted by atomic mass is 10.4. The Morgan fingerprint density at radius 1 is 1.14 bits per heavy atom. The molecule has 0 atom stereocenters. The molecule has 8 heteroatoms. The molecule has 1 heterocycles. The van der Waals surface area contributed by atoms with Crippen LogP contribution in [0.3, 0.4) is 0 Å². The maximum Gasteiger partial charge on any atom is 0.294 e. The highest BCUT2D eigenvalue weighted by Gasteiger charge is 2.24. The molecule has 0 radical (unpaired) electrons. The maximum atomic E-state index is 11.0.